The second-order valence-electron chi connectivity index (χ2n) is 4.34. The number of anilines is 1. The third kappa shape index (κ3) is 2.01. The van der Waals surface area contributed by atoms with Gasteiger partial charge in [0.25, 0.3) is 5.91 Å². The van der Waals surface area contributed by atoms with Gasteiger partial charge in [-0.2, -0.15) is 0 Å². The summed E-state index contributed by atoms with van der Waals surface area (Å²) in [5, 5.41) is 9.11. The molecule has 0 aliphatic carbocycles. The number of nitrogens with zero attached hydrogens (tertiary/aromatic N) is 1. The molecule has 1 aromatic carbocycles. The van der Waals surface area contributed by atoms with E-state index in [2.05, 4.69) is 0 Å². The summed E-state index contributed by atoms with van der Waals surface area (Å²) in [6.07, 6.45) is 1.64. The van der Waals surface area contributed by atoms with Crippen molar-refractivity contribution in [2.45, 2.75) is 6.10 Å². The summed E-state index contributed by atoms with van der Waals surface area (Å²) in [6.45, 7) is -0.0453. The monoisotopic (exact) mass is 273 g/mol. The molecule has 0 spiro atoms. The van der Waals surface area contributed by atoms with E-state index >= 15 is 0 Å². The molecule has 6 nitrogen and oxygen atoms in total. The number of hydrogen-bond donors (Lipinski definition) is 1. The first kappa shape index (κ1) is 12.3. The quantitative estimate of drug-likeness (QED) is 0.902. The molecule has 0 radical (unpaired) electrons. The highest BCUT2D eigenvalue weighted by atomic mass is 16.5. The Morgan fingerprint density at radius 1 is 1.25 bits per heavy atom. The Labute approximate surface area is 114 Å². The second kappa shape index (κ2) is 4.73. The van der Waals surface area contributed by atoms with Crippen LogP contribution in [0.2, 0.25) is 0 Å². The van der Waals surface area contributed by atoms with Crippen LogP contribution in [0, 0.1) is 0 Å². The highest BCUT2D eigenvalue weighted by Gasteiger charge is 2.34. The lowest BCUT2D eigenvalue weighted by atomic mass is 10.1. The molecule has 0 saturated carbocycles. The summed E-state index contributed by atoms with van der Waals surface area (Å²) in [4.78, 5) is 24.9. The molecule has 2 aromatic rings. The van der Waals surface area contributed by atoms with Crippen LogP contribution < -0.4 is 9.64 Å². The van der Waals surface area contributed by atoms with Crippen molar-refractivity contribution >= 4 is 17.6 Å². The number of furan rings is 1. The smallest absolute Gasteiger partial charge is 0.346 e. The number of fused-ring (bicyclic) bond motifs is 1. The lowest BCUT2D eigenvalue weighted by molar-refractivity contribution is -0.144. The van der Waals surface area contributed by atoms with E-state index in [0.29, 0.717) is 17.0 Å². The standard InChI is InChI=1S/C14H11NO5/c16-13(9-5-6-19-8-9)15-7-12(14(17)18)20-11-4-2-1-3-10(11)15/h1-6,8,12H,7H2,(H,17,18). The third-order valence-corrected chi connectivity index (χ3v) is 3.06. The SMILES string of the molecule is O=C(O)C1CN(C(=O)c2ccoc2)c2ccccc2O1. The molecule has 0 saturated heterocycles. The Hall–Kier alpha value is -2.76. The molecule has 1 aromatic heterocycles. The van der Waals surface area contributed by atoms with Crippen molar-refractivity contribution in [3.63, 3.8) is 0 Å². The van der Waals surface area contributed by atoms with Crippen molar-refractivity contribution in [2.24, 2.45) is 0 Å². The number of para-hydroxylation sites is 2. The lowest BCUT2D eigenvalue weighted by Gasteiger charge is -2.32. The number of carbonyl (C=O) groups excluding carboxylic acids is 1. The number of aliphatic carboxylic acids is 1. The van der Waals surface area contributed by atoms with Gasteiger partial charge >= 0.3 is 5.97 Å². The molecule has 6 heteroatoms. The van der Waals surface area contributed by atoms with Gasteiger partial charge in [0.2, 0.25) is 6.10 Å². The molecule has 1 aliphatic heterocycles. The van der Waals surface area contributed by atoms with Crippen LogP contribution in [0.25, 0.3) is 0 Å². The Bertz CT molecular complexity index is 649. The molecule has 1 unspecified atom stereocenters. The summed E-state index contributed by atoms with van der Waals surface area (Å²) < 4.78 is 10.3. The van der Waals surface area contributed by atoms with Gasteiger partial charge in [-0.15, -0.1) is 0 Å². The highest BCUT2D eigenvalue weighted by Crippen LogP contribution is 2.34. The van der Waals surface area contributed by atoms with Gasteiger partial charge in [0.1, 0.15) is 12.0 Å². The van der Waals surface area contributed by atoms with Crippen molar-refractivity contribution in [2.75, 3.05) is 11.4 Å². The summed E-state index contributed by atoms with van der Waals surface area (Å²) >= 11 is 0. The van der Waals surface area contributed by atoms with Gasteiger partial charge in [-0.25, -0.2) is 4.79 Å². The molecule has 1 aliphatic rings. The molecule has 0 fully saturated rings. The second-order valence-corrected chi connectivity index (χ2v) is 4.34. The molecule has 2 heterocycles. The largest absolute Gasteiger partial charge is 0.478 e. The Balaban J connectivity index is 2.01. The molecule has 0 bridgehead atoms. The molecular formula is C14H11NO5. The minimum Gasteiger partial charge on any atom is -0.478 e. The lowest BCUT2D eigenvalue weighted by Crippen LogP contribution is -2.47. The molecule has 102 valence electrons. The van der Waals surface area contributed by atoms with E-state index in [-0.39, 0.29) is 12.5 Å². The fourth-order valence-corrected chi connectivity index (χ4v) is 2.10. The number of benzene rings is 1. The maximum atomic E-state index is 12.4. The van der Waals surface area contributed by atoms with Gasteiger partial charge in [0, 0.05) is 0 Å². The van der Waals surface area contributed by atoms with Crippen molar-refractivity contribution in [3.05, 3.63) is 48.4 Å². The van der Waals surface area contributed by atoms with Gasteiger partial charge in [0.05, 0.1) is 24.1 Å². The van der Waals surface area contributed by atoms with Crippen LogP contribution in [0.5, 0.6) is 5.75 Å². The predicted octanol–water partition coefficient (Wildman–Crippen LogP) is 1.77. The average molecular weight is 273 g/mol. The van der Waals surface area contributed by atoms with Crippen molar-refractivity contribution < 1.29 is 23.8 Å². The Morgan fingerprint density at radius 3 is 2.75 bits per heavy atom. The fraction of sp³-hybridized carbons (Fsp3) is 0.143. The van der Waals surface area contributed by atoms with Crippen LogP contribution in [-0.2, 0) is 4.79 Å². The molecule has 1 atom stereocenters. The number of carbonyl (C=O) groups is 2. The summed E-state index contributed by atoms with van der Waals surface area (Å²) in [7, 11) is 0. The zero-order valence-corrected chi connectivity index (χ0v) is 10.4. The summed E-state index contributed by atoms with van der Waals surface area (Å²) in [6, 6.07) is 8.38. The van der Waals surface area contributed by atoms with Gasteiger partial charge < -0.3 is 19.2 Å². The zero-order valence-electron chi connectivity index (χ0n) is 10.4. The van der Waals surface area contributed by atoms with E-state index in [4.69, 9.17) is 14.3 Å². The normalized spacial score (nSPS) is 17.2. The van der Waals surface area contributed by atoms with Crippen molar-refractivity contribution in [1.82, 2.24) is 0 Å². The fourth-order valence-electron chi connectivity index (χ4n) is 2.10. The summed E-state index contributed by atoms with van der Waals surface area (Å²) in [5.41, 5.74) is 0.919. The van der Waals surface area contributed by atoms with E-state index in [0.717, 1.165) is 0 Å². The van der Waals surface area contributed by atoms with Crippen LogP contribution in [0.3, 0.4) is 0 Å². The number of carboxylic acid groups (broad SMARTS) is 1. The van der Waals surface area contributed by atoms with E-state index in [1.807, 2.05) is 0 Å². The van der Waals surface area contributed by atoms with Crippen molar-refractivity contribution in [1.29, 1.82) is 0 Å². The molecule has 1 N–H and O–H groups in total. The van der Waals surface area contributed by atoms with Gasteiger partial charge in [-0.3, -0.25) is 4.79 Å². The van der Waals surface area contributed by atoms with Crippen LogP contribution in [0.4, 0.5) is 5.69 Å². The molecular weight excluding hydrogens is 262 g/mol. The third-order valence-electron chi connectivity index (χ3n) is 3.06. The number of amides is 1. The molecule has 3 rings (SSSR count). The van der Waals surface area contributed by atoms with E-state index in [1.54, 1.807) is 24.3 Å². The summed E-state index contributed by atoms with van der Waals surface area (Å²) in [5.74, 6) is -1.05. The Morgan fingerprint density at radius 2 is 2.05 bits per heavy atom. The van der Waals surface area contributed by atoms with Crippen molar-refractivity contribution in [3.8, 4) is 5.75 Å². The van der Waals surface area contributed by atoms with Crippen LogP contribution in [0.15, 0.2) is 47.3 Å². The van der Waals surface area contributed by atoms with E-state index in [1.165, 1.54) is 23.5 Å². The molecule has 20 heavy (non-hydrogen) atoms. The number of ether oxygens (including phenoxy) is 1. The van der Waals surface area contributed by atoms with Gasteiger partial charge in [-0.05, 0) is 18.2 Å². The number of rotatable bonds is 2. The van der Waals surface area contributed by atoms with Crippen LogP contribution >= 0.6 is 0 Å². The average Bonchev–Trinajstić information content (AvgIpc) is 2.99. The van der Waals surface area contributed by atoms with E-state index in [9.17, 15) is 9.59 Å². The zero-order chi connectivity index (χ0) is 14.1. The van der Waals surface area contributed by atoms with E-state index < -0.39 is 12.1 Å². The minimum absolute atomic E-state index is 0.0453. The topological polar surface area (TPSA) is 80.0 Å². The minimum atomic E-state index is -1.11. The maximum absolute atomic E-state index is 12.4. The molecule has 1 amide bonds. The number of hydrogen-bond acceptors (Lipinski definition) is 4. The first-order chi connectivity index (χ1) is 9.66. The Kier molecular flexibility index (Phi) is 2.90. The maximum Gasteiger partial charge on any atom is 0.346 e. The number of carboxylic acids is 1. The van der Waals surface area contributed by atoms with Gasteiger partial charge in [-0.1, -0.05) is 12.1 Å². The van der Waals surface area contributed by atoms with Gasteiger partial charge in [0.15, 0.2) is 0 Å². The van der Waals surface area contributed by atoms with Crippen LogP contribution in [0.1, 0.15) is 10.4 Å². The first-order valence-corrected chi connectivity index (χ1v) is 5.99. The van der Waals surface area contributed by atoms with Crippen LogP contribution in [-0.4, -0.2) is 29.6 Å². The first-order valence-electron chi connectivity index (χ1n) is 5.99. The predicted molar refractivity (Wildman–Crippen MR) is 68.9 cm³/mol. The highest BCUT2D eigenvalue weighted by molar-refractivity contribution is 6.07.